The minimum atomic E-state index is -3.83. The van der Waals surface area contributed by atoms with E-state index in [1.54, 1.807) is 17.0 Å². The first-order valence-corrected chi connectivity index (χ1v) is 7.46. The van der Waals surface area contributed by atoms with E-state index >= 15 is 0 Å². The van der Waals surface area contributed by atoms with Crippen LogP contribution in [0.15, 0.2) is 29.7 Å². The highest BCUT2D eigenvalue weighted by Crippen LogP contribution is 2.37. The Morgan fingerprint density at radius 2 is 1.95 bits per heavy atom. The fourth-order valence-electron chi connectivity index (χ4n) is 2.00. The molecule has 0 saturated heterocycles. The molecule has 2 aromatic heterocycles. The Bertz CT molecular complexity index is 691. The lowest BCUT2D eigenvalue weighted by atomic mass is 10.2. The minimum Gasteiger partial charge on any atom is -0.297 e. The monoisotopic (exact) mass is 279 g/mol. The summed E-state index contributed by atoms with van der Waals surface area (Å²) in [5, 5.41) is 12.7. The number of nitrogens with zero attached hydrogens (tertiary/aromatic N) is 4. The van der Waals surface area contributed by atoms with Gasteiger partial charge in [0.2, 0.25) is 0 Å². The predicted octanol–water partition coefficient (Wildman–Crippen LogP) is 0.246. The van der Waals surface area contributed by atoms with Gasteiger partial charge in [-0.2, -0.15) is 0 Å². The van der Waals surface area contributed by atoms with Gasteiger partial charge in [0.15, 0.2) is 0 Å². The Labute approximate surface area is 110 Å². The molecule has 0 bridgehead atoms. The fraction of sp³-hybridized carbons (Fsp3) is 0.364. The van der Waals surface area contributed by atoms with Crippen LogP contribution in [0, 0.1) is 0 Å². The summed E-state index contributed by atoms with van der Waals surface area (Å²) >= 11 is 0. The molecule has 0 spiro atoms. The van der Waals surface area contributed by atoms with Crippen LogP contribution >= 0.6 is 0 Å². The molecule has 1 fully saturated rings. The van der Waals surface area contributed by atoms with Crippen LogP contribution in [-0.2, 0) is 16.4 Å². The zero-order valence-electron chi connectivity index (χ0n) is 10.1. The highest BCUT2D eigenvalue weighted by molar-refractivity contribution is 7.89. The number of pyridine rings is 1. The highest BCUT2D eigenvalue weighted by Gasteiger charge is 2.32. The molecular formula is C11H13N5O2S. The smallest absolute Gasteiger partial charge is 0.273 e. The maximum atomic E-state index is 11.5. The van der Waals surface area contributed by atoms with Gasteiger partial charge >= 0.3 is 0 Å². The predicted molar refractivity (Wildman–Crippen MR) is 66.7 cm³/mol. The summed E-state index contributed by atoms with van der Waals surface area (Å²) < 4.78 is 24.6. The number of hydrogen-bond donors (Lipinski definition) is 1. The van der Waals surface area contributed by atoms with Crippen molar-refractivity contribution in [3.8, 4) is 0 Å². The van der Waals surface area contributed by atoms with Crippen molar-refractivity contribution in [2.45, 2.75) is 30.5 Å². The first-order chi connectivity index (χ1) is 9.05. The third-order valence-corrected chi connectivity index (χ3v) is 3.80. The quantitative estimate of drug-likeness (QED) is 0.863. The maximum Gasteiger partial charge on any atom is 0.273 e. The van der Waals surface area contributed by atoms with Crippen LogP contribution in [-0.4, -0.2) is 28.2 Å². The van der Waals surface area contributed by atoms with E-state index in [9.17, 15) is 8.42 Å². The zero-order valence-corrected chi connectivity index (χ0v) is 10.9. The average Bonchev–Trinajstić information content (AvgIpc) is 3.11. The molecule has 2 N–H and O–H groups in total. The third-order valence-electron chi connectivity index (χ3n) is 3.01. The van der Waals surface area contributed by atoms with Crippen LogP contribution in [0.2, 0.25) is 0 Å². The highest BCUT2D eigenvalue weighted by atomic mass is 32.2. The topological polar surface area (TPSA) is 104 Å². The number of hydrogen-bond acceptors (Lipinski definition) is 5. The van der Waals surface area contributed by atoms with E-state index in [0.29, 0.717) is 12.2 Å². The Kier molecular flexibility index (Phi) is 2.83. The third kappa shape index (κ3) is 2.49. The van der Waals surface area contributed by atoms with E-state index in [1.807, 2.05) is 12.1 Å². The molecule has 3 rings (SSSR count). The van der Waals surface area contributed by atoms with Crippen molar-refractivity contribution in [2.24, 2.45) is 5.14 Å². The van der Waals surface area contributed by atoms with Gasteiger partial charge in [0.25, 0.3) is 15.2 Å². The molecule has 0 radical (unpaired) electrons. The maximum absolute atomic E-state index is 11.5. The average molecular weight is 279 g/mol. The van der Waals surface area contributed by atoms with Crippen LogP contribution in [0.3, 0.4) is 0 Å². The SMILES string of the molecule is NS(=O)(=O)c1nnc(Cc2ccncc2)n1C1CC1. The van der Waals surface area contributed by atoms with Crippen LogP contribution < -0.4 is 5.14 Å². The van der Waals surface area contributed by atoms with Crippen molar-refractivity contribution in [1.29, 1.82) is 0 Å². The summed E-state index contributed by atoms with van der Waals surface area (Å²) in [5.41, 5.74) is 1.00. The van der Waals surface area contributed by atoms with Gasteiger partial charge < -0.3 is 0 Å². The number of rotatable bonds is 4. The van der Waals surface area contributed by atoms with E-state index in [0.717, 1.165) is 18.4 Å². The zero-order chi connectivity index (χ0) is 13.5. The molecule has 19 heavy (non-hydrogen) atoms. The van der Waals surface area contributed by atoms with Gasteiger partial charge in [-0.15, -0.1) is 10.2 Å². The number of nitrogens with two attached hydrogens (primary N) is 1. The summed E-state index contributed by atoms with van der Waals surface area (Å²) in [7, 11) is -3.83. The lowest BCUT2D eigenvalue weighted by molar-refractivity contribution is 0.560. The molecule has 7 nitrogen and oxygen atoms in total. The molecular weight excluding hydrogens is 266 g/mol. The summed E-state index contributed by atoms with van der Waals surface area (Å²) in [6, 6.07) is 3.88. The summed E-state index contributed by atoms with van der Waals surface area (Å²) in [6.45, 7) is 0. The minimum absolute atomic E-state index is 0.140. The molecule has 100 valence electrons. The number of aromatic nitrogens is 4. The van der Waals surface area contributed by atoms with Crippen molar-refractivity contribution in [3.05, 3.63) is 35.9 Å². The summed E-state index contributed by atoms with van der Waals surface area (Å²) in [6.07, 6.45) is 5.76. The molecule has 1 aliphatic rings. The molecule has 0 aliphatic heterocycles. The molecule has 0 atom stereocenters. The van der Waals surface area contributed by atoms with Crippen LogP contribution in [0.25, 0.3) is 0 Å². The van der Waals surface area contributed by atoms with Crippen LogP contribution in [0.5, 0.6) is 0 Å². The number of sulfonamides is 1. The van der Waals surface area contributed by atoms with Gasteiger partial charge in [-0.25, -0.2) is 13.6 Å². The Morgan fingerprint density at radius 1 is 1.26 bits per heavy atom. The normalized spacial score (nSPS) is 15.6. The first-order valence-electron chi connectivity index (χ1n) is 5.91. The molecule has 8 heteroatoms. The van der Waals surface area contributed by atoms with E-state index in [4.69, 9.17) is 5.14 Å². The lowest BCUT2D eigenvalue weighted by Crippen LogP contribution is -2.19. The van der Waals surface area contributed by atoms with Gasteiger partial charge in [-0.3, -0.25) is 9.55 Å². The van der Waals surface area contributed by atoms with Crippen molar-refractivity contribution < 1.29 is 8.42 Å². The van der Waals surface area contributed by atoms with E-state index in [1.165, 1.54) is 0 Å². The van der Waals surface area contributed by atoms with E-state index in [2.05, 4.69) is 15.2 Å². The van der Waals surface area contributed by atoms with Crippen LogP contribution in [0.1, 0.15) is 30.3 Å². The van der Waals surface area contributed by atoms with Gasteiger partial charge in [-0.05, 0) is 30.5 Å². The second-order valence-electron chi connectivity index (χ2n) is 4.58. The van der Waals surface area contributed by atoms with E-state index in [-0.39, 0.29) is 11.2 Å². The fourth-order valence-corrected chi connectivity index (χ4v) is 2.69. The van der Waals surface area contributed by atoms with E-state index < -0.39 is 10.0 Å². The molecule has 2 aromatic rings. The Morgan fingerprint density at radius 3 is 2.53 bits per heavy atom. The standard InChI is InChI=1S/C11H13N5O2S/c12-19(17,18)11-15-14-10(16(11)9-1-2-9)7-8-3-5-13-6-4-8/h3-6,9H,1-2,7H2,(H2,12,17,18). The first kappa shape index (κ1) is 12.2. The van der Waals surface area contributed by atoms with Crippen molar-refractivity contribution in [3.63, 3.8) is 0 Å². The second-order valence-corrected chi connectivity index (χ2v) is 6.03. The summed E-state index contributed by atoms with van der Waals surface area (Å²) in [4.78, 5) is 3.94. The van der Waals surface area contributed by atoms with Crippen LogP contribution in [0.4, 0.5) is 0 Å². The van der Waals surface area contributed by atoms with Gasteiger partial charge in [-0.1, -0.05) is 0 Å². The molecule has 0 aromatic carbocycles. The summed E-state index contributed by atoms with van der Waals surface area (Å²) in [5.74, 6) is 0.623. The molecule has 1 aliphatic carbocycles. The largest absolute Gasteiger partial charge is 0.297 e. The second kappa shape index (κ2) is 4.39. The Balaban J connectivity index is 2.01. The molecule has 0 amide bonds. The number of primary sulfonamides is 1. The Hall–Kier alpha value is -1.80. The lowest BCUT2D eigenvalue weighted by Gasteiger charge is -2.07. The molecule has 1 saturated carbocycles. The van der Waals surface area contributed by atoms with Gasteiger partial charge in [0, 0.05) is 24.9 Å². The molecule has 0 unspecified atom stereocenters. The van der Waals surface area contributed by atoms with Gasteiger partial charge in [0.05, 0.1) is 0 Å². The van der Waals surface area contributed by atoms with Crippen molar-refractivity contribution in [2.75, 3.05) is 0 Å². The van der Waals surface area contributed by atoms with Gasteiger partial charge in [0.1, 0.15) is 5.82 Å². The van der Waals surface area contributed by atoms with Crippen molar-refractivity contribution in [1.82, 2.24) is 19.7 Å². The van der Waals surface area contributed by atoms with Crippen molar-refractivity contribution >= 4 is 10.0 Å². The molecule has 2 heterocycles.